The Balaban J connectivity index is 1.65. The van der Waals surface area contributed by atoms with Gasteiger partial charge in [-0.3, -0.25) is 9.52 Å². The second kappa shape index (κ2) is 7.37. The fourth-order valence-corrected chi connectivity index (χ4v) is 5.26. The number of fused-ring (bicyclic) bond motifs is 1. The smallest absolute Gasteiger partial charge is 0.262 e. The summed E-state index contributed by atoms with van der Waals surface area (Å²) in [6.07, 6.45) is 3.73. The highest BCUT2D eigenvalue weighted by molar-refractivity contribution is 7.92. The van der Waals surface area contributed by atoms with E-state index in [9.17, 15) is 13.2 Å². The average Bonchev–Trinajstić information content (AvgIpc) is 3.53. The minimum Gasteiger partial charge on any atom is -0.496 e. The van der Waals surface area contributed by atoms with Gasteiger partial charge in [-0.25, -0.2) is 8.42 Å². The number of ether oxygens (including phenoxy) is 1. The molecule has 6 nitrogen and oxygen atoms in total. The second-order valence-electron chi connectivity index (χ2n) is 7.90. The summed E-state index contributed by atoms with van der Waals surface area (Å²) in [6, 6.07) is 8.83. The quantitative estimate of drug-likeness (QED) is 0.807. The Morgan fingerprint density at radius 2 is 1.90 bits per heavy atom. The van der Waals surface area contributed by atoms with E-state index in [1.54, 1.807) is 38.3 Å². The van der Waals surface area contributed by atoms with Crippen molar-refractivity contribution >= 4 is 27.3 Å². The van der Waals surface area contributed by atoms with Crippen molar-refractivity contribution in [1.29, 1.82) is 0 Å². The number of sulfonamides is 1. The van der Waals surface area contributed by atoms with Crippen LogP contribution in [0.3, 0.4) is 0 Å². The van der Waals surface area contributed by atoms with E-state index in [0.29, 0.717) is 23.5 Å². The number of rotatable bonds is 5. The van der Waals surface area contributed by atoms with Crippen LogP contribution in [0.15, 0.2) is 35.2 Å². The van der Waals surface area contributed by atoms with Crippen molar-refractivity contribution in [2.24, 2.45) is 5.92 Å². The van der Waals surface area contributed by atoms with E-state index in [1.165, 1.54) is 0 Å². The summed E-state index contributed by atoms with van der Waals surface area (Å²) in [5.41, 5.74) is 3.75. The van der Waals surface area contributed by atoms with Gasteiger partial charge >= 0.3 is 0 Å². The van der Waals surface area contributed by atoms with Gasteiger partial charge in [-0.1, -0.05) is 6.07 Å². The molecule has 154 valence electrons. The molecule has 1 saturated carbocycles. The highest BCUT2D eigenvalue weighted by Gasteiger charge is 2.35. The first-order valence-corrected chi connectivity index (χ1v) is 11.4. The van der Waals surface area contributed by atoms with Crippen LogP contribution in [0.25, 0.3) is 0 Å². The Labute approximate surface area is 171 Å². The molecule has 0 unspecified atom stereocenters. The molecule has 29 heavy (non-hydrogen) atoms. The summed E-state index contributed by atoms with van der Waals surface area (Å²) in [7, 11) is -2.20. The maximum absolute atomic E-state index is 13.0. The summed E-state index contributed by atoms with van der Waals surface area (Å²) in [5, 5.41) is 0. The molecule has 1 aliphatic heterocycles. The Hall–Kier alpha value is -2.54. The van der Waals surface area contributed by atoms with Crippen LogP contribution in [0.2, 0.25) is 0 Å². The van der Waals surface area contributed by atoms with Gasteiger partial charge < -0.3 is 9.64 Å². The molecule has 0 bridgehead atoms. The molecule has 0 radical (unpaired) electrons. The average molecular weight is 415 g/mol. The fraction of sp³-hybridized carbons (Fsp3) is 0.409. The van der Waals surface area contributed by atoms with Gasteiger partial charge in [-0.2, -0.15) is 0 Å². The van der Waals surface area contributed by atoms with Crippen LogP contribution < -0.4 is 14.4 Å². The summed E-state index contributed by atoms with van der Waals surface area (Å²) < 4.78 is 34.1. The van der Waals surface area contributed by atoms with Gasteiger partial charge in [-0.15, -0.1) is 0 Å². The van der Waals surface area contributed by atoms with Gasteiger partial charge in [0.1, 0.15) is 5.75 Å². The van der Waals surface area contributed by atoms with Gasteiger partial charge in [0, 0.05) is 18.2 Å². The van der Waals surface area contributed by atoms with E-state index >= 15 is 0 Å². The zero-order valence-electron chi connectivity index (χ0n) is 17.0. The molecule has 0 saturated heterocycles. The molecule has 1 fully saturated rings. The summed E-state index contributed by atoms with van der Waals surface area (Å²) in [6.45, 7) is 4.26. The van der Waals surface area contributed by atoms with Crippen LogP contribution in [0.5, 0.6) is 5.75 Å². The maximum atomic E-state index is 13.0. The number of carbonyl (C=O) groups is 1. The lowest BCUT2D eigenvalue weighted by atomic mass is 10.0. The van der Waals surface area contributed by atoms with Gasteiger partial charge in [0.05, 0.1) is 17.7 Å². The third-order valence-electron chi connectivity index (χ3n) is 5.63. The second-order valence-corrected chi connectivity index (χ2v) is 9.55. The minimum atomic E-state index is -3.77. The predicted molar refractivity (Wildman–Crippen MR) is 113 cm³/mol. The van der Waals surface area contributed by atoms with Crippen molar-refractivity contribution < 1.29 is 17.9 Å². The summed E-state index contributed by atoms with van der Waals surface area (Å²) in [4.78, 5) is 14.7. The van der Waals surface area contributed by atoms with Crippen molar-refractivity contribution in [3.05, 3.63) is 47.0 Å². The maximum Gasteiger partial charge on any atom is 0.262 e. The molecule has 0 spiro atoms. The van der Waals surface area contributed by atoms with Crippen molar-refractivity contribution in [2.45, 2.75) is 44.4 Å². The molecule has 0 atom stereocenters. The van der Waals surface area contributed by atoms with E-state index < -0.39 is 10.0 Å². The number of amides is 1. The predicted octanol–water partition coefficient (Wildman–Crippen LogP) is 3.80. The number of hydrogen-bond donors (Lipinski definition) is 1. The molecule has 1 N–H and O–H groups in total. The van der Waals surface area contributed by atoms with Crippen molar-refractivity contribution in [1.82, 2.24) is 0 Å². The molecule has 1 amide bonds. The van der Waals surface area contributed by atoms with Gasteiger partial charge in [-0.05, 0) is 80.5 Å². The van der Waals surface area contributed by atoms with Crippen LogP contribution in [0, 0.1) is 19.8 Å². The number of anilines is 2. The van der Waals surface area contributed by atoms with E-state index in [4.69, 9.17) is 4.74 Å². The summed E-state index contributed by atoms with van der Waals surface area (Å²) in [5.74, 6) is 0.947. The zero-order chi connectivity index (χ0) is 20.8. The standard InChI is InChI=1S/C22H26N2O4S/c1-14-12-21(15(2)11-20(14)28-3)29(26,27)23-18-9-8-16-5-4-10-24(19(16)13-18)22(25)17-6-7-17/h8-9,11-13,17,23H,4-7,10H2,1-3H3. The fourth-order valence-electron chi connectivity index (χ4n) is 3.90. The van der Waals surface area contributed by atoms with Crippen molar-refractivity contribution in [3.63, 3.8) is 0 Å². The Morgan fingerprint density at radius 3 is 2.59 bits per heavy atom. The van der Waals surface area contributed by atoms with Crippen molar-refractivity contribution in [2.75, 3.05) is 23.3 Å². The van der Waals surface area contributed by atoms with Crippen LogP contribution in [-0.4, -0.2) is 28.0 Å². The highest BCUT2D eigenvalue weighted by Crippen LogP contribution is 2.37. The van der Waals surface area contributed by atoms with E-state index in [0.717, 1.165) is 42.5 Å². The summed E-state index contributed by atoms with van der Waals surface area (Å²) >= 11 is 0. The molecule has 2 aromatic carbocycles. The van der Waals surface area contributed by atoms with Crippen LogP contribution in [0.1, 0.15) is 36.0 Å². The van der Waals surface area contributed by atoms with E-state index in [1.807, 2.05) is 17.9 Å². The molecule has 7 heteroatoms. The molecular formula is C22H26N2O4S. The van der Waals surface area contributed by atoms with E-state index in [-0.39, 0.29) is 16.7 Å². The molecule has 2 aromatic rings. The molecular weight excluding hydrogens is 388 g/mol. The Kier molecular flexibility index (Phi) is 5.02. The third kappa shape index (κ3) is 3.83. The molecule has 1 heterocycles. The molecule has 2 aliphatic rings. The minimum absolute atomic E-state index is 0.131. The van der Waals surface area contributed by atoms with Gasteiger partial charge in [0.2, 0.25) is 5.91 Å². The van der Waals surface area contributed by atoms with Crippen molar-refractivity contribution in [3.8, 4) is 5.75 Å². The van der Waals surface area contributed by atoms with Gasteiger partial charge in [0.15, 0.2) is 0 Å². The lowest BCUT2D eigenvalue weighted by Crippen LogP contribution is -2.36. The number of aryl methyl sites for hydroxylation is 3. The largest absolute Gasteiger partial charge is 0.496 e. The normalized spacial score (nSPS) is 16.3. The Morgan fingerprint density at radius 1 is 1.14 bits per heavy atom. The number of hydrogen-bond acceptors (Lipinski definition) is 4. The first-order chi connectivity index (χ1) is 13.8. The lowest BCUT2D eigenvalue weighted by Gasteiger charge is -2.30. The number of nitrogens with zero attached hydrogens (tertiary/aromatic N) is 1. The molecule has 0 aromatic heterocycles. The third-order valence-corrected chi connectivity index (χ3v) is 7.15. The van der Waals surface area contributed by atoms with Gasteiger partial charge in [0.25, 0.3) is 10.0 Å². The Bertz CT molecular complexity index is 1070. The topological polar surface area (TPSA) is 75.7 Å². The monoisotopic (exact) mass is 414 g/mol. The highest BCUT2D eigenvalue weighted by atomic mass is 32.2. The first-order valence-electron chi connectivity index (χ1n) is 9.92. The van der Waals surface area contributed by atoms with Crippen LogP contribution in [0.4, 0.5) is 11.4 Å². The number of benzene rings is 2. The lowest BCUT2D eigenvalue weighted by molar-refractivity contribution is -0.119. The number of carbonyl (C=O) groups excluding carboxylic acids is 1. The van der Waals surface area contributed by atoms with E-state index in [2.05, 4.69) is 4.72 Å². The number of nitrogens with one attached hydrogen (secondary N) is 1. The first kappa shape index (κ1) is 19.8. The molecule has 1 aliphatic carbocycles. The number of methoxy groups -OCH3 is 1. The van der Waals surface area contributed by atoms with Crippen LogP contribution in [-0.2, 0) is 21.2 Å². The molecule has 4 rings (SSSR count). The van der Waals surface area contributed by atoms with Crippen LogP contribution >= 0.6 is 0 Å². The SMILES string of the molecule is COc1cc(C)c(S(=O)(=O)Nc2ccc3c(c2)N(C(=O)C2CC2)CCC3)cc1C. The zero-order valence-corrected chi connectivity index (χ0v) is 17.8.